The molecule has 0 saturated heterocycles. The lowest BCUT2D eigenvalue weighted by Gasteiger charge is -2.15. The molecule has 0 amide bonds. The van der Waals surface area contributed by atoms with Crippen molar-refractivity contribution in [3.63, 3.8) is 0 Å². The lowest BCUT2D eigenvalue weighted by Crippen LogP contribution is -2.13. The highest BCUT2D eigenvalue weighted by atomic mass is 127. The maximum atomic E-state index is 12.6. The standard InChI is InChI=1S/C9H9F3INO/c1-15-8-3-5(13)2-7(6(8)4-14)9(10,11)12/h2-3H,4,14H2,1H3. The van der Waals surface area contributed by atoms with Gasteiger partial charge in [0.1, 0.15) is 5.75 Å². The molecule has 0 aliphatic rings. The molecule has 2 N–H and O–H groups in total. The molecule has 0 atom stereocenters. The van der Waals surface area contributed by atoms with Crippen LogP contribution in [0.3, 0.4) is 0 Å². The van der Waals surface area contributed by atoms with E-state index in [-0.39, 0.29) is 17.9 Å². The summed E-state index contributed by atoms with van der Waals surface area (Å²) in [6.07, 6.45) is -4.40. The van der Waals surface area contributed by atoms with Gasteiger partial charge in [-0.2, -0.15) is 13.2 Å². The molecule has 0 saturated carbocycles. The normalized spacial score (nSPS) is 11.6. The summed E-state index contributed by atoms with van der Waals surface area (Å²) in [5, 5.41) is 0. The highest BCUT2D eigenvalue weighted by Gasteiger charge is 2.34. The SMILES string of the molecule is COc1cc(I)cc(C(F)(F)F)c1CN. The number of methoxy groups -OCH3 is 1. The van der Waals surface area contributed by atoms with E-state index < -0.39 is 11.7 Å². The van der Waals surface area contributed by atoms with Gasteiger partial charge >= 0.3 is 6.18 Å². The number of halogens is 4. The fraction of sp³-hybridized carbons (Fsp3) is 0.333. The van der Waals surface area contributed by atoms with Crippen LogP contribution in [0.15, 0.2) is 12.1 Å². The lowest BCUT2D eigenvalue weighted by atomic mass is 10.1. The van der Waals surface area contributed by atoms with E-state index in [1.807, 2.05) is 0 Å². The van der Waals surface area contributed by atoms with E-state index in [1.165, 1.54) is 13.2 Å². The summed E-state index contributed by atoms with van der Waals surface area (Å²) in [5.41, 5.74) is 4.55. The highest BCUT2D eigenvalue weighted by Crippen LogP contribution is 2.37. The summed E-state index contributed by atoms with van der Waals surface area (Å²) in [4.78, 5) is 0. The molecular weight excluding hydrogens is 322 g/mol. The number of benzene rings is 1. The number of nitrogens with two attached hydrogens (primary N) is 1. The van der Waals surface area contributed by atoms with Crippen LogP contribution in [0.25, 0.3) is 0 Å². The molecule has 0 aliphatic heterocycles. The Morgan fingerprint density at radius 2 is 2.00 bits per heavy atom. The first kappa shape index (κ1) is 12.6. The second-order valence-corrected chi connectivity index (χ2v) is 4.08. The van der Waals surface area contributed by atoms with E-state index >= 15 is 0 Å². The molecule has 1 aromatic rings. The van der Waals surface area contributed by atoms with Crippen LogP contribution in [-0.2, 0) is 12.7 Å². The Balaban J connectivity index is 3.42. The molecule has 0 fully saturated rings. The van der Waals surface area contributed by atoms with E-state index in [2.05, 4.69) is 0 Å². The minimum Gasteiger partial charge on any atom is -0.496 e. The average Bonchev–Trinajstić information content (AvgIpc) is 2.15. The summed E-state index contributed by atoms with van der Waals surface area (Å²) in [6.45, 7) is -0.199. The quantitative estimate of drug-likeness (QED) is 0.846. The molecule has 0 aliphatic carbocycles. The van der Waals surface area contributed by atoms with Gasteiger partial charge in [0, 0.05) is 15.7 Å². The van der Waals surface area contributed by atoms with Crippen molar-refractivity contribution in [1.29, 1.82) is 0 Å². The third kappa shape index (κ3) is 2.75. The van der Waals surface area contributed by atoms with Gasteiger partial charge in [-0.3, -0.25) is 0 Å². The molecule has 6 heteroatoms. The van der Waals surface area contributed by atoms with Crippen molar-refractivity contribution < 1.29 is 17.9 Å². The maximum Gasteiger partial charge on any atom is 0.416 e. The smallest absolute Gasteiger partial charge is 0.416 e. The van der Waals surface area contributed by atoms with Crippen molar-refractivity contribution in [1.82, 2.24) is 0 Å². The van der Waals surface area contributed by atoms with E-state index in [1.54, 1.807) is 22.6 Å². The molecule has 1 aromatic carbocycles. The molecule has 0 radical (unpaired) electrons. The first-order valence-electron chi connectivity index (χ1n) is 4.03. The molecule has 0 heterocycles. The van der Waals surface area contributed by atoms with E-state index in [0.717, 1.165) is 6.07 Å². The van der Waals surface area contributed by atoms with Crippen LogP contribution in [0, 0.1) is 3.57 Å². The van der Waals surface area contributed by atoms with Gasteiger partial charge in [0.2, 0.25) is 0 Å². The van der Waals surface area contributed by atoms with Crippen LogP contribution in [0.1, 0.15) is 11.1 Å². The Kier molecular flexibility index (Phi) is 3.82. The van der Waals surface area contributed by atoms with Crippen molar-refractivity contribution in [3.05, 3.63) is 26.8 Å². The van der Waals surface area contributed by atoms with Crippen LogP contribution in [0.4, 0.5) is 13.2 Å². The number of hydrogen-bond acceptors (Lipinski definition) is 2. The first-order valence-corrected chi connectivity index (χ1v) is 5.11. The van der Waals surface area contributed by atoms with Crippen molar-refractivity contribution in [2.45, 2.75) is 12.7 Å². The Morgan fingerprint density at radius 3 is 2.40 bits per heavy atom. The van der Waals surface area contributed by atoms with Gasteiger partial charge in [0.05, 0.1) is 12.7 Å². The van der Waals surface area contributed by atoms with Crippen LogP contribution >= 0.6 is 22.6 Å². The molecule has 0 spiro atoms. The lowest BCUT2D eigenvalue weighted by molar-refractivity contribution is -0.138. The Bertz CT molecular complexity index is 365. The zero-order valence-electron chi connectivity index (χ0n) is 7.86. The van der Waals surface area contributed by atoms with Gasteiger partial charge in [-0.15, -0.1) is 0 Å². The Labute approximate surface area is 98.7 Å². The minimum absolute atomic E-state index is 0.00887. The summed E-state index contributed by atoms with van der Waals surface area (Å²) in [5.74, 6) is 0.178. The van der Waals surface area contributed by atoms with E-state index in [4.69, 9.17) is 10.5 Å². The minimum atomic E-state index is -4.40. The zero-order valence-corrected chi connectivity index (χ0v) is 10.0. The van der Waals surface area contributed by atoms with Crippen LogP contribution in [-0.4, -0.2) is 7.11 Å². The summed E-state index contributed by atoms with van der Waals surface area (Å²) in [7, 11) is 1.32. The number of ether oxygens (including phenoxy) is 1. The number of alkyl halides is 3. The van der Waals surface area contributed by atoms with Crippen molar-refractivity contribution in [2.75, 3.05) is 7.11 Å². The number of rotatable bonds is 2. The molecular formula is C9H9F3INO. The van der Waals surface area contributed by atoms with Gasteiger partial charge < -0.3 is 10.5 Å². The first-order chi connectivity index (χ1) is 6.90. The van der Waals surface area contributed by atoms with E-state index in [9.17, 15) is 13.2 Å². The van der Waals surface area contributed by atoms with E-state index in [0.29, 0.717) is 3.57 Å². The third-order valence-electron chi connectivity index (χ3n) is 1.90. The predicted octanol–water partition coefficient (Wildman–Crippen LogP) is 2.78. The number of hydrogen-bond donors (Lipinski definition) is 1. The second kappa shape index (κ2) is 4.56. The van der Waals surface area contributed by atoms with Crippen molar-refractivity contribution >= 4 is 22.6 Å². The van der Waals surface area contributed by atoms with Gasteiger partial charge in [0.25, 0.3) is 0 Å². The van der Waals surface area contributed by atoms with Crippen molar-refractivity contribution in [3.8, 4) is 5.75 Å². The van der Waals surface area contributed by atoms with Crippen molar-refractivity contribution in [2.24, 2.45) is 5.73 Å². The Morgan fingerprint density at radius 1 is 1.40 bits per heavy atom. The van der Waals surface area contributed by atoms with Crippen LogP contribution in [0.5, 0.6) is 5.75 Å². The topological polar surface area (TPSA) is 35.2 Å². The van der Waals surface area contributed by atoms with Gasteiger partial charge in [-0.1, -0.05) is 0 Å². The third-order valence-corrected chi connectivity index (χ3v) is 2.53. The molecule has 0 unspecified atom stereocenters. The molecule has 1 rings (SSSR count). The van der Waals surface area contributed by atoms with Gasteiger partial charge in [-0.05, 0) is 34.7 Å². The predicted molar refractivity (Wildman–Crippen MR) is 58.6 cm³/mol. The molecule has 15 heavy (non-hydrogen) atoms. The summed E-state index contributed by atoms with van der Waals surface area (Å²) in [6, 6.07) is 2.59. The molecule has 2 nitrogen and oxygen atoms in total. The second-order valence-electron chi connectivity index (χ2n) is 2.84. The highest BCUT2D eigenvalue weighted by molar-refractivity contribution is 14.1. The monoisotopic (exact) mass is 331 g/mol. The maximum absolute atomic E-state index is 12.6. The van der Waals surface area contributed by atoms with Gasteiger partial charge in [0.15, 0.2) is 0 Å². The van der Waals surface area contributed by atoms with Crippen LogP contribution in [0.2, 0.25) is 0 Å². The summed E-state index contributed by atoms with van der Waals surface area (Å²) < 4.78 is 43.2. The largest absolute Gasteiger partial charge is 0.496 e. The average molecular weight is 331 g/mol. The van der Waals surface area contributed by atoms with Gasteiger partial charge in [-0.25, -0.2) is 0 Å². The molecule has 84 valence electrons. The Hall–Kier alpha value is -0.500. The molecule has 0 aromatic heterocycles. The summed E-state index contributed by atoms with van der Waals surface area (Å²) >= 11 is 1.81. The zero-order chi connectivity index (χ0) is 11.6. The molecule has 0 bridgehead atoms. The van der Waals surface area contributed by atoms with Crippen LogP contribution < -0.4 is 10.5 Å². The fourth-order valence-electron chi connectivity index (χ4n) is 1.26. The fourth-order valence-corrected chi connectivity index (χ4v) is 1.85.